The van der Waals surface area contributed by atoms with Gasteiger partial charge in [-0.1, -0.05) is 37.6 Å². The second-order valence-corrected chi connectivity index (χ2v) is 6.15. The van der Waals surface area contributed by atoms with Crippen molar-refractivity contribution in [2.24, 2.45) is 0 Å². The third-order valence-corrected chi connectivity index (χ3v) is 3.87. The molecule has 5 nitrogen and oxygen atoms in total. The van der Waals surface area contributed by atoms with E-state index in [-0.39, 0.29) is 18.4 Å². The summed E-state index contributed by atoms with van der Waals surface area (Å²) >= 11 is 5.83. The second-order valence-electron chi connectivity index (χ2n) is 5.72. The first-order chi connectivity index (χ1) is 10.9. The van der Waals surface area contributed by atoms with E-state index in [9.17, 15) is 9.90 Å². The average Bonchev–Trinajstić information content (AvgIpc) is 2.97. The van der Waals surface area contributed by atoms with Gasteiger partial charge in [-0.05, 0) is 30.5 Å². The van der Waals surface area contributed by atoms with Crippen LogP contribution in [0.5, 0.6) is 0 Å². The molecule has 0 bridgehead atoms. The molecule has 0 spiro atoms. The SMILES string of the molecule is CCn1cc(C(=O)NCC(O)c2ccc(Cl)cc2)c(C(C)C)n1. The number of hydrogen-bond acceptors (Lipinski definition) is 3. The van der Waals surface area contributed by atoms with Crippen LogP contribution in [0.1, 0.15) is 54.4 Å². The lowest BCUT2D eigenvalue weighted by Gasteiger charge is -2.12. The van der Waals surface area contributed by atoms with E-state index in [0.717, 1.165) is 5.69 Å². The minimum atomic E-state index is -0.778. The first kappa shape index (κ1) is 17.5. The van der Waals surface area contributed by atoms with Crippen molar-refractivity contribution in [3.63, 3.8) is 0 Å². The quantitative estimate of drug-likeness (QED) is 0.852. The summed E-state index contributed by atoms with van der Waals surface area (Å²) in [7, 11) is 0. The fraction of sp³-hybridized carbons (Fsp3) is 0.412. The molecule has 0 saturated heterocycles. The molecular formula is C17H22ClN3O2. The van der Waals surface area contributed by atoms with Crippen LogP contribution in [-0.2, 0) is 6.54 Å². The van der Waals surface area contributed by atoms with E-state index in [1.165, 1.54) is 0 Å². The number of aryl methyl sites for hydroxylation is 1. The number of aliphatic hydroxyl groups is 1. The first-order valence-electron chi connectivity index (χ1n) is 7.71. The predicted octanol–water partition coefficient (Wildman–Crippen LogP) is 3.14. The standard InChI is InChI=1S/C17H22ClN3O2/c1-4-21-10-14(16(20-21)11(2)3)17(23)19-9-15(22)12-5-7-13(18)8-6-12/h5-8,10-11,15,22H,4,9H2,1-3H3,(H,19,23). The minimum Gasteiger partial charge on any atom is -0.387 e. The monoisotopic (exact) mass is 335 g/mol. The van der Waals surface area contributed by atoms with Crippen molar-refractivity contribution < 1.29 is 9.90 Å². The molecule has 2 rings (SSSR count). The molecular weight excluding hydrogens is 314 g/mol. The number of carbonyl (C=O) groups is 1. The minimum absolute atomic E-state index is 0.134. The summed E-state index contributed by atoms with van der Waals surface area (Å²) in [6.07, 6.45) is 0.972. The lowest BCUT2D eigenvalue weighted by Crippen LogP contribution is -2.29. The molecule has 0 radical (unpaired) electrons. The van der Waals surface area contributed by atoms with E-state index >= 15 is 0 Å². The van der Waals surface area contributed by atoms with Crippen LogP contribution in [0.25, 0.3) is 0 Å². The number of amides is 1. The Hall–Kier alpha value is -1.85. The van der Waals surface area contributed by atoms with E-state index in [1.54, 1.807) is 35.1 Å². The highest BCUT2D eigenvalue weighted by Crippen LogP contribution is 2.19. The zero-order valence-electron chi connectivity index (χ0n) is 13.6. The fourth-order valence-corrected chi connectivity index (χ4v) is 2.41. The molecule has 1 amide bonds. The highest BCUT2D eigenvalue weighted by molar-refractivity contribution is 6.30. The number of carbonyl (C=O) groups excluding carboxylic acids is 1. The molecule has 0 aliphatic rings. The molecule has 1 heterocycles. The molecule has 2 aromatic rings. The Morgan fingerprint density at radius 1 is 1.35 bits per heavy atom. The van der Waals surface area contributed by atoms with Crippen molar-refractivity contribution >= 4 is 17.5 Å². The fourth-order valence-electron chi connectivity index (χ4n) is 2.29. The molecule has 0 aliphatic carbocycles. The maximum Gasteiger partial charge on any atom is 0.254 e. The van der Waals surface area contributed by atoms with Gasteiger partial charge in [-0.2, -0.15) is 5.10 Å². The van der Waals surface area contributed by atoms with E-state index in [0.29, 0.717) is 22.7 Å². The van der Waals surface area contributed by atoms with Crippen molar-refractivity contribution in [2.75, 3.05) is 6.54 Å². The summed E-state index contributed by atoms with van der Waals surface area (Å²) in [5.41, 5.74) is 2.04. The summed E-state index contributed by atoms with van der Waals surface area (Å²) in [5, 5.41) is 18.0. The van der Waals surface area contributed by atoms with Gasteiger partial charge in [0.15, 0.2) is 0 Å². The van der Waals surface area contributed by atoms with Gasteiger partial charge >= 0.3 is 0 Å². The lowest BCUT2D eigenvalue weighted by atomic mass is 10.1. The third kappa shape index (κ3) is 4.33. The zero-order chi connectivity index (χ0) is 17.0. The summed E-state index contributed by atoms with van der Waals surface area (Å²) in [6.45, 7) is 6.82. The number of nitrogens with one attached hydrogen (secondary N) is 1. The zero-order valence-corrected chi connectivity index (χ0v) is 14.3. The molecule has 0 aliphatic heterocycles. The average molecular weight is 336 g/mol. The number of benzene rings is 1. The predicted molar refractivity (Wildman–Crippen MR) is 90.7 cm³/mol. The van der Waals surface area contributed by atoms with Crippen molar-refractivity contribution in [3.8, 4) is 0 Å². The molecule has 1 unspecified atom stereocenters. The molecule has 124 valence electrons. The van der Waals surface area contributed by atoms with Crippen LogP contribution in [0, 0.1) is 0 Å². The van der Waals surface area contributed by atoms with Crippen molar-refractivity contribution in [1.82, 2.24) is 15.1 Å². The van der Waals surface area contributed by atoms with Crippen molar-refractivity contribution in [2.45, 2.75) is 39.3 Å². The van der Waals surface area contributed by atoms with Crippen LogP contribution < -0.4 is 5.32 Å². The van der Waals surface area contributed by atoms with Crippen LogP contribution in [0.2, 0.25) is 5.02 Å². The Morgan fingerprint density at radius 3 is 2.57 bits per heavy atom. The highest BCUT2D eigenvalue weighted by Gasteiger charge is 2.19. The summed E-state index contributed by atoms with van der Waals surface area (Å²) in [5.74, 6) is -0.0637. The number of aromatic nitrogens is 2. The maximum absolute atomic E-state index is 12.4. The lowest BCUT2D eigenvalue weighted by molar-refractivity contribution is 0.0915. The summed E-state index contributed by atoms with van der Waals surface area (Å²) in [6, 6.07) is 6.91. The number of nitrogens with zero attached hydrogens (tertiary/aromatic N) is 2. The van der Waals surface area contributed by atoms with Gasteiger partial charge < -0.3 is 10.4 Å². The Labute approximate surface area is 141 Å². The van der Waals surface area contributed by atoms with E-state index in [2.05, 4.69) is 10.4 Å². The topological polar surface area (TPSA) is 67.2 Å². The van der Waals surface area contributed by atoms with E-state index < -0.39 is 6.10 Å². The largest absolute Gasteiger partial charge is 0.387 e. The summed E-state index contributed by atoms with van der Waals surface area (Å²) < 4.78 is 1.75. The Balaban J connectivity index is 2.04. The second kappa shape index (κ2) is 7.62. The van der Waals surface area contributed by atoms with Gasteiger partial charge in [0.1, 0.15) is 0 Å². The first-order valence-corrected chi connectivity index (χ1v) is 8.09. The van der Waals surface area contributed by atoms with Crippen molar-refractivity contribution in [3.05, 3.63) is 52.3 Å². The van der Waals surface area contributed by atoms with Gasteiger partial charge in [0.2, 0.25) is 0 Å². The molecule has 6 heteroatoms. The van der Waals surface area contributed by atoms with Crippen LogP contribution in [0.15, 0.2) is 30.5 Å². The van der Waals surface area contributed by atoms with Crippen LogP contribution in [0.3, 0.4) is 0 Å². The van der Waals surface area contributed by atoms with Gasteiger partial charge in [0.25, 0.3) is 5.91 Å². The molecule has 2 N–H and O–H groups in total. The van der Waals surface area contributed by atoms with Crippen LogP contribution in [-0.4, -0.2) is 27.3 Å². The summed E-state index contributed by atoms with van der Waals surface area (Å²) in [4.78, 5) is 12.4. The number of halogens is 1. The maximum atomic E-state index is 12.4. The molecule has 0 saturated carbocycles. The highest BCUT2D eigenvalue weighted by atomic mass is 35.5. The van der Waals surface area contributed by atoms with Crippen molar-refractivity contribution in [1.29, 1.82) is 0 Å². The van der Waals surface area contributed by atoms with Gasteiger partial charge in [0.05, 0.1) is 17.4 Å². The number of rotatable bonds is 6. The third-order valence-electron chi connectivity index (χ3n) is 3.62. The van der Waals surface area contributed by atoms with E-state index in [4.69, 9.17) is 11.6 Å². The Bertz CT molecular complexity index is 665. The Morgan fingerprint density at radius 2 is 2.00 bits per heavy atom. The smallest absolute Gasteiger partial charge is 0.254 e. The van der Waals surface area contributed by atoms with Gasteiger partial charge in [-0.25, -0.2) is 0 Å². The van der Waals surface area contributed by atoms with E-state index in [1.807, 2.05) is 20.8 Å². The molecule has 1 atom stereocenters. The van der Waals surface area contributed by atoms with Gasteiger partial charge in [-0.15, -0.1) is 0 Å². The molecule has 1 aromatic carbocycles. The number of aliphatic hydroxyl groups excluding tert-OH is 1. The Kier molecular flexibility index (Phi) is 5.80. The van der Waals surface area contributed by atoms with Crippen LogP contribution in [0.4, 0.5) is 0 Å². The molecule has 0 fully saturated rings. The molecule has 23 heavy (non-hydrogen) atoms. The van der Waals surface area contributed by atoms with Gasteiger partial charge in [0, 0.05) is 24.3 Å². The normalized spacial score (nSPS) is 12.4. The molecule has 1 aromatic heterocycles. The van der Waals surface area contributed by atoms with Gasteiger partial charge in [-0.3, -0.25) is 9.48 Å². The number of hydrogen-bond donors (Lipinski definition) is 2. The van der Waals surface area contributed by atoms with Crippen LogP contribution >= 0.6 is 11.6 Å².